The Kier molecular flexibility index (Phi) is 20.3. The van der Waals surface area contributed by atoms with Gasteiger partial charge >= 0.3 is 0 Å². The van der Waals surface area contributed by atoms with Crippen LogP contribution in [-0.2, 0) is 0 Å². The first-order valence-corrected chi connectivity index (χ1v) is 3.37. The highest BCUT2D eigenvalue weighted by molar-refractivity contribution is 4.38. The van der Waals surface area contributed by atoms with E-state index in [0.29, 0.717) is 0 Å². The largest absolute Gasteiger partial charge is 0.330 e. The highest BCUT2D eigenvalue weighted by Gasteiger charge is 1.80. The summed E-state index contributed by atoms with van der Waals surface area (Å²) < 4.78 is 0. The first kappa shape index (κ1) is 11.6. The summed E-state index contributed by atoms with van der Waals surface area (Å²) in [6.45, 7) is 3.07. The fourth-order valence-electron chi connectivity index (χ4n) is 0.571. The van der Waals surface area contributed by atoms with E-state index in [4.69, 9.17) is 10.9 Å². The van der Waals surface area contributed by atoms with Gasteiger partial charge in [-0.2, -0.15) is 0 Å². The summed E-state index contributed by atoms with van der Waals surface area (Å²) in [5.41, 5.74) is 5.27. The van der Waals surface area contributed by atoms with Crippen molar-refractivity contribution in [2.45, 2.75) is 32.6 Å². The van der Waals surface area contributed by atoms with E-state index >= 15 is 0 Å². The first-order valence-electron chi connectivity index (χ1n) is 3.37. The second-order valence-electron chi connectivity index (χ2n) is 1.85. The number of rotatable bonds is 4. The average molecular weight is 138 g/mol. The number of hydrogen-bond acceptors (Lipinski definition) is 3. The van der Waals surface area contributed by atoms with Crippen LogP contribution in [-0.4, -0.2) is 11.8 Å². The minimum Gasteiger partial charge on any atom is -0.330 e. The molecule has 62 valence electrons. The molecule has 0 aromatic heterocycles. The number of nitrogens with two attached hydrogens (primary N) is 2. The van der Waals surface area contributed by atoms with Gasteiger partial charge in [-0.15, -0.1) is 0 Å². The third-order valence-corrected chi connectivity index (χ3v) is 1.06. The average Bonchev–Trinajstić information content (AvgIpc) is 1.94. The monoisotopic (exact) mass is 138 g/mol. The van der Waals surface area contributed by atoms with Gasteiger partial charge in [-0.05, 0) is 13.0 Å². The van der Waals surface area contributed by atoms with Gasteiger partial charge in [-0.1, -0.05) is 26.2 Å². The smallest absolute Gasteiger partial charge is 0 e. The molecular formula is C6H22N2O. The van der Waals surface area contributed by atoms with Crippen LogP contribution in [0.4, 0.5) is 0 Å². The number of unbranched alkanes of at least 4 members (excludes halogenated alkanes) is 3. The Balaban J connectivity index is -0.0000000564. The second-order valence-corrected chi connectivity index (χ2v) is 1.85. The minimum absolute atomic E-state index is 0. The van der Waals surface area contributed by atoms with E-state index in [-0.39, 0.29) is 2.85 Å². The topological polar surface area (TPSA) is 72.3 Å². The Morgan fingerprint density at radius 1 is 1.22 bits per heavy atom. The molecule has 0 amide bonds. The molecule has 0 aliphatic rings. The van der Waals surface area contributed by atoms with Crippen molar-refractivity contribution in [3.05, 3.63) is 0 Å². The molecule has 3 nitrogen and oxygen atoms in total. The molecule has 0 unspecified atom stereocenters. The molecule has 0 aromatic carbocycles. The summed E-state index contributed by atoms with van der Waals surface area (Å²) in [5, 5.41) is 6.50. The maximum Gasteiger partial charge on any atom is 0 e. The van der Waals surface area contributed by atoms with E-state index in [2.05, 4.69) is 12.8 Å². The van der Waals surface area contributed by atoms with Crippen molar-refractivity contribution in [1.29, 1.82) is 0 Å². The first-order chi connectivity index (χ1) is 4.41. The molecule has 0 rings (SSSR count). The van der Waals surface area contributed by atoms with Gasteiger partial charge < -0.3 is 10.9 Å². The zero-order valence-electron chi connectivity index (χ0n) is 6.14. The van der Waals surface area contributed by atoms with E-state index < -0.39 is 0 Å². The normalized spacial score (nSPS) is 8.00. The van der Waals surface area contributed by atoms with Crippen molar-refractivity contribution in [2.75, 3.05) is 6.54 Å². The van der Waals surface area contributed by atoms with Crippen LogP contribution in [0.25, 0.3) is 0 Å². The summed E-state index contributed by atoms with van der Waals surface area (Å²) in [6, 6.07) is 0. The molecule has 0 radical (unpaired) electrons. The highest BCUT2D eigenvalue weighted by Crippen LogP contribution is 1.95. The molecule has 0 bridgehead atoms. The molecule has 0 aliphatic carbocycles. The van der Waals surface area contributed by atoms with Gasteiger partial charge in [-0.3, -0.25) is 0 Å². The summed E-state index contributed by atoms with van der Waals surface area (Å²) in [5.74, 6) is 3.50. The van der Waals surface area contributed by atoms with E-state index in [0.717, 1.165) is 6.54 Å². The van der Waals surface area contributed by atoms with Gasteiger partial charge in [0.1, 0.15) is 0 Å². The van der Waals surface area contributed by atoms with E-state index in [9.17, 15) is 0 Å². The molecule has 0 spiro atoms. The van der Waals surface area contributed by atoms with Crippen LogP contribution in [0.2, 0.25) is 0 Å². The molecule has 9 heavy (non-hydrogen) atoms. The second kappa shape index (κ2) is 15.7. The third-order valence-electron chi connectivity index (χ3n) is 1.06. The molecule has 0 fully saturated rings. The zero-order chi connectivity index (χ0) is 7.54. The summed E-state index contributed by atoms with van der Waals surface area (Å²) in [6.07, 6.45) is 5.16. The lowest BCUT2D eigenvalue weighted by molar-refractivity contribution is 0.311. The molecule has 0 atom stereocenters. The van der Waals surface area contributed by atoms with Crippen molar-refractivity contribution >= 4 is 0 Å². The van der Waals surface area contributed by atoms with Crippen molar-refractivity contribution in [1.82, 2.24) is 0 Å². The Morgan fingerprint density at radius 3 is 2.11 bits per heavy atom. The third kappa shape index (κ3) is 18.1. The van der Waals surface area contributed by atoms with Crippen LogP contribution < -0.4 is 11.6 Å². The van der Waals surface area contributed by atoms with Crippen LogP contribution in [0.3, 0.4) is 0 Å². The van der Waals surface area contributed by atoms with Crippen molar-refractivity contribution in [3.8, 4) is 0 Å². The fraction of sp³-hybridized carbons (Fsp3) is 1.00. The zero-order valence-corrected chi connectivity index (χ0v) is 6.14. The molecule has 5 N–H and O–H groups in total. The Hall–Kier alpha value is -0.120. The van der Waals surface area contributed by atoms with Gasteiger partial charge in [0.25, 0.3) is 0 Å². The van der Waals surface area contributed by atoms with Crippen LogP contribution >= 0.6 is 0 Å². The van der Waals surface area contributed by atoms with Gasteiger partial charge in [0, 0.05) is 2.85 Å². The van der Waals surface area contributed by atoms with Crippen molar-refractivity contribution in [3.63, 3.8) is 0 Å². The molecule has 3 heteroatoms. The standard InChI is InChI=1S/C6H15N.H3NO.2H2/c1-2-3-4-5-6-7;1-2;;/h2-7H2,1H3;2H,1H2;2*1H. The molecule has 0 saturated heterocycles. The minimum atomic E-state index is 0. The molecule has 0 aromatic rings. The fourth-order valence-corrected chi connectivity index (χ4v) is 0.571. The predicted octanol–water partition coefficient (Wildman–Crippen LogP) is 1.35. The maximum absolute atomic E-state index is 6.50. The van der Waals surface area contributed by atoms with E-state index in [1.165, 1.54) is 25.7 Å². The molecular weight excluding hydrogens is 116 g/mol. The van der Waals surface area contributed by atoms with Crippen LogP contribution in [0.1, 0.15) is 35.5 Å². The Bertz CT molecular complexity index is 37.8. The van der Waals surface area contributed by atoms with Crippen LogP contribution in [0.5, 0.6) is 0 Å². The summed E-state index contributed by atoms with van der Waals surface area (Å²) >= 11 is 0. The lowest BCUT2D eigenvalue weighted by Crippen LogP contribution is -1.97. The Morgan fingerprint density at radius 2 is 1.78 bits per heavy atom. The molecule has 0 aliphatic heterocycles. The molecule has 0 heterocycles. The van der Waals surface area contributed by atoms with E-state index in [1.807, 2.05) is 0 Å². The lowest BCUT2D eigenvalue weighted by Gasteiger charge is -1.90. The summed E-state index contributed by atoms with van der Waals surface area (Å²) in [7, 11) is 0. The predicted molar refractivity (Wildman–Crippen MR) is 43.4 cm³/mol. The number of hydrogen-bond donors (Lipinski definition) is 3. The highest BCUT2D eigenvalue weighted by atomic mass is 16.4. The quantitative estimate of drug-likeness (QED) is 0.405. The maximum atomic E-state index is 6.50. The van der Waals surface area contributed by atoms with Gasteiger partial charge in [-0.25, -0.2) is 5.90 Å². The van der Waals surface area contributed by atoms with Gasteiger partial charge in [0.15, 0.2) is 0 Å². The SMILES string of the molecule is CCCCCCN.NO.[HH].[HH]. The Labute approximate surface area is 60.0 Å². The lowest BCUT2D eigenvalue weighted by atomic mass is 10.2. The van der Waals surface area contributed by atoms with Gasteiger partial charge in [0.05, 0.1) is 0 Å². The van der Waals surface area contributed by atoms with Crippen LogP contribution in [0.15, 0.2) is 0 Å². The van der Waals surface area contributed by atoms with Crippen molar-refractivity contribution < 1.29 is 8.06 Å². The summed E-state index contributed by atoms with van der Waals surface area (Å²) in [4.78, 5) is 0. The molecule has 0 saturated carbocycles. The van der Waals surface area contributed by atoms with Gasteiger partial charge in [0.2, 0.25) is 0 Å². The van der Waals surface area contributed by atoms with Crippen LogP contribution in [0, 0.1) is 0 Å². The van der Waals surface area contributed by atoms with Crippen molar-refractivity contribution in [2.24, 2.45) is 11.6 Å². The van der Waals surface area contributed by atoms with E-state index in [1.54, 1.807) is 0 Å².